The maximum atomic E-state index is 11.9. The van der Waals surface area contributed by atoms with Gasteiger partial charge in [-0.05, 0) is 49.9 Å². The summed E-state index contributed by atoms with van der Waals surface area (Å²) in [7, 11) is 0. The van der Waals surface area contributed by atoms with Gasteiger partial charge in [-0.25, -0.2) is 4.79 Å². The zero-order chi connectivity index (χ0) is 17.9. The van der Waals surface area contributed by atoms with Crippen molar-refractivity contribution in [2.75, 3.05) is 13.2 Å². The standard InChI is InChI=1S/C18H23ClN2O4/c1-18(6-7-18)11-25-17(23)21-14-8-13(9-14)20-16(22)10-24-15-4-2-12(19)3-5-15/h2-5,13-14H,6-11H2,1H3,(H,20,22)(H,21,23)/t13-,14+. The van der Waals surface area contributed by atoms with Crippen molar-refractivity contribution in [2.45, 2.75) is 44.7 Å². The molecule has 6 nitrogen and oxygen atoms in total. The Labute approximate surface area is 152 Å². The number of hydrogen-bond acceptors (Lipinski definition) is 4. The molecule has 0 spiro atoms. The van der Waals surface area contributed by atoms with Crippen molar-refractivity contribution in [3.63, 3.8) is 0 Å². The predicted molar refractivity (Wildman–Crippen MR) is 93.7 cm³/mol. The molecule has 2 N–H and O–H groups in total. The van der Waals surface area contributed by atoms with Crippen molar-refractivity contribution in [3.8, 4) is 5.75 Å². The third-order valence-corrected chi connectivity index (χ3v) is 4.92. The number of halogens is 1. The highest BCUT2D eigenvalue weighted by Gasteiger charge is 2.39. The lowest BCUT2D eigenvalue weighted by atomic mass is 9.87. The van der Waals surface area contributed by atoms with E-state index in [4.69, 9.17) is 21.1 Å². The summed E-state index contributed by atoms with van der Waals surface area (Å²) in [6.45, 7) is 2.55. The number of carbonyl (C=O) groups is 2. The first-order valence-electron chi connectivity index (χ1n) is 8.53. The van der Waals surface area contributed by atoms with Crippen molar-refractivity contribution in [1.82, 2.24) is 10.6 Å². The van der Waals surface area contributed by atoms with E-state index < -0.39 is 0 Å². The lowest BCUT2D eigenvalue weighted by Gasteiger charge is -2.35. The van der Waals surface area contributed by atoms with Crippen LogP contribution in [0.3, 0.4) is 0 Å². The van der Waals surface area contributed by atoms with Gasteiger partial charge in [0.05, 0.1) is 6.61 Å². The van der Waals surface area contributed by atoms with Gasteiger partial charge >= 0.3 is 6.09 Å². The Hall–Kier alpha value is -1.95. The molecular formula is C18H23ClN2O4. The Bertz CT molecular complexity index is 624. The van der Waals surface area contributed by atoms with Crippen LogP contribution in [0, 0.1) is 5.41 Å². The summed E-state index contributed by atoms with van der Waals surface area (Å²) >= 11 is 5.79. The Morgan fingerprint density at radius 2 is 1.80 bits per heavy atom. The van der Waals surface area contributed by atoms with Crippen LogP contribution in [0.15, 0.2) is 24.3 Å². The van der Waals surface area contributed by atoms with Gasteiger partial charge in [0.25, 0.3) is 5.91 Å². The molecule has 0 atom stereocenters. The molecule has 2 aliphatic rings. The van der Waals surface area contributed by atoms with E-state index in [-0.39, 0.29) is 36.1 Å². The highest BCUT2D eigenvalue weighted by Crippen LogP contribution is 2.44. The predicted octanol–water partition coefficient (Wildman–Crippen LogP) is 2.89. The summed E-state index contributed by atoms with van der Waals surface area (Å²) in [4.78, 5) is 23.5. The summed E-state index contributed by atoms with van der Waals surface area (Å²) < 4.78 is 10.6. The molecule has 2 amide bonds. The summed E-state index contributed by atoms with van der Waals surface area (Å²) in [6, 6.07) is 6.97. The normalized spacial score (nSPS) is 23.1. The lowest BCUT2D eigenvalue weighted by Crippen LogP contribution is -2.54. The number of hydrogen-bond donors (Lipinski definition) is 2. The van der Waals surface area contributed by atoms with Crippen LogP contribution in [-0.4, -0.2) is 37.3 Å². The number of rotatable bonds is 7. The first-order valence-corrected chi connectivity index (χ1v) is 8.91. The molecule has 0 aromatic heterocycles. The first kappa shape index (κ1) is 17.9. The topological polar surface area (TPSA) is 76.7 Å². The number of nitrogens with one attached hydrogen (secondary N) is 2. The minimum atomic E-state index is -0.367. The van der Waals surface area contributed by atoms with E-state index in [0.29, 0.717) is 30.2 Å². The molecule has 1 aromatic carbocycles. The zero-order valence-corrected chi connectivity index (χ0v) is 15.0. The maximum absolute atomic E-state index is 11.9. The van der Waals surface area contributed by atoms with Crippen molar-refractivity contribution in [2.24, 2.45) is 5.41 Å². The highest BCUT2D eigenvalue weighted by molar-refractivity contribution is 6.30. The molecule has 25 heavy (non-hydrogen) atoms. The third-order valence-electron chi connectivity index (χ3n) is 4.66. The molecular weight excluding hydrogens is 344 g/mol. The number of alkyl carbamates (subject to hydrolysis) is 1. The van der Waals surface area contributed by atoms with E-state index >= 15 is 0 Å². The van der Waals surface area contributed by atoms with Crippen LogP contribution < -0.4 is 15.4 Å². The molecule has 1 aromatic rings. The fourth-order valence-electron chi connectivity index (χ4n) is 2.61. The van der Waals surface area contributed by atoms with Gasteiger partial charge in [-0.1, -0.05) is 18.5 Å². The number of ether oxygens (including phenoxy) is 2. The Morgan fingerprint density at radius 3 is 2.44 bits per heavy atom. The van der Waals surface area contributed by atoms with E-state index in [1.165, 1.54) is 0 Å². The minimum absolute atomic E-state index is 0.0448. The molecule has 2 fully saturated rings. The zero-order valence-electron chi connectivity index (χ0n) is 14.2. The van der Waals surface area contributed by atoms with E-state index in [1.54, 1.807) is 24.3 Å². The molecule has 0 unspecified atom stereocenters. The van der Waals surface area contributed by atoms with Crippen LogP contribution >= 0.6 is 11.6 Å². The van der Waals surface area contributed by atoms with Gasteiger partial charge < -0.3 is 20.1 Å². The van der Waals surface area contributed by atoms with Gasteiger partial charge in [-0.2, -0.15) is 0 Å². The smallest absolute Gasteiger partial charge is 0.407 e. The van der Waals surface area contributed by atoms with Crippen molar-refractivity contribution in [3.05, 3.63) is 29.3 Å². The summed E-state index contributed by atoms with van der Waals surface area (Å²) in [5, 5.41) is 6.33. The SMILES string of the molecule is CC1(COC(=O)N[C@H]2C[C@@H](NC(=O)COc3ccc(Cl)cc3)C2)CC1. The van der Waals surface area contributed by atoms with E-state index in [0.717, 1.165) is 12.8 Å². The molecule has 2 aliphatic carbocycles. The molecule has 0 radical (unpaired) electrons. The van der Waals surface area contributed by atoms with Gasteiger partial charge in [-0.15, -0.1) is 0 Å². The molecule has 0 heterocycles. The highest BCUT2D eigenvalue weighted by atomic mass is 35.5. The average Bonchev–Trinajstić information content (AvgIpc) is 3.28. The van der Waals surface area contributed by atoms with Crippen molar-refractivity contribution >= 4 is 23.6 Å². The molecule has 7 heteroatoms. The van der Waals surface area contributed by atoms with Crippen LogP contribution in [-0.2, 0) is 9.53 Å². The van der Waals surface area contributed by atoms with Crippen LogP contribution in [0.4, 0.5) is 4.79 Å². The van der Waals surface area contributed by atoms with E-state index in [9.17, 15) is 9.59 Å². The maximum Gasteiger partial charge on any atom is 0.407 e. The van der Waals surface area contributed by atoms with Gasteiger partial charge in [0.2, 0.25) is 0 Å². The fraction of sp³-hybridized carbons (Fsp3) is 0.556. The summed E-state index contributed by atoms with van der Waals surface area (Å²) in [5.41, 5.74) is 0.192. The van der Waals surface area contributed by atoms with Gasteiger partial charge in [0.15, 0.2) is 6.61 Å². The quantitative estimate of drug-likeness (QED) is 0.778. The van der Waals surface area contributed by atoms with Gasteiger partial charge in [0.1, 0.15) is 5.75 Å². The molecule has 0 saturated heterocycles. The fourth-order valence-corrected chi connectivity index (χ4v) is 2.73. The molecule has 3 rings (SSSR count). The molecule has 0 aliphatic heterocycles. The molecule has 136 valence electrons. The van der Waals surface area contributed by atoms with Crippen molar-refractivity contribution < 1.29 is 19.1 Å². The van der Waals surface area contributed by atoms with E-state index in [1.807, 2.05) is 0 Å². The second-order valence-electron chi connectivity index (χ2n) is 7.21. The largest absolute Gasteiger partial charge is 0.484 e. The lowest BCUT2D eigenvalue weighted by molar-refractivity contribution is -0.124. The van der Waals surface area contributed by atoms with Crippen LogP contribution in [0.25, 0.3) is 0 Å². The van der Waals surface area contributed by atoms with E-state index in [2.05, 4.69) is 17.6 Å². The number of amides is 2. The Balaban J connectivity index is 1.27. The van der Waals surface area contributed by atoms with Crippen LogP contribution in [0.1, 0.15) is 32.6 Å². The monoisotopic (exact) mass is 366 g/mol. The minimum Gasteiger partial charge on any atom is -0.484 e. The summed E-state index contributed by atoms with van der Waals surface area (Å²) in [5.74, 6) is 0.419. The van der Waals surface area contributed by atoms with Crippen molar-refractivity contribution in [1.29, 1.82) is 0 Å². The second kappa shape index (κ2) is 7.52. The summed E-state index contributed by atoms with van der Waals surface area (Å²) in [6.07, 6.45) is 3.29. The number of carbonyl (C=O) groups excluding carboxylic acids is 2. The molecule has 0 bridgehead atoms. The van der Waals surface area contributed by atoms with Gasteiger partial charge in [0, 0.05) is 22.5 Å². The van der Waals surface area contributed by atoms with Crippen LogP contribution in [0.2, 0.25) is 5.02 Å². The third kappa shape index (κ3) is 5.53. The second-order valence-corrected chi connectivity index (χ2v) is 7.64. The Kier molecular flexibility index (Phi) is 5.37. The van der Waals surface area contributed by atoms with Crippen LogP contribution in [0.5, 0.6) is 5.75 Å². The Morgan fingerprint density at radius 1 is 1.16 bits per heavy atom. The molecule has 2 saturated carbocycles. The average molecular weight is 367 g/mol. The number of benzene rings is 1. The first-order chi connectivity index (χ1) is 11.9. The van der Waals surface area contributed by atoms with Gasteiger partial charge in [-0.3, -0.25) is 4.79 Å².